The van der Waals surface area contributed by atoms with Crippen molar-refractivity contribution in [2.24, 2.45) is 0 Å². The van der Waals surface area contributed by atoms with Gasteiger partial charge in [0.1, 0.15) is 5.75 Å². The first kappa shape index (κ1) is 15.1. The van der Waals surface area contributed by atoms with Gasteiger partial charge in [0.25, 0.3) is 0 Å². The van der Waals surface area contributed by atoms with Crippen LogP contribution >= 0.6 is 27.5 Å². The van der Waals surface area contributed by atoms with Crippen LogP contribution < -0.4 is 4.74 Å². The molecule has 1 aliphatic heterocycles. The lowest BCUT2D eigenvalue weighted by molar-refractivity contribution is 0.132. The quantitative estimate of drug-likeness (QED) is 0.762. The number of hydrogen-bond donors (Lipinski definition) is 0. The molecule has 0 amide bonds. The number of halogens is 2. The Bertz CT molecular complexity index is 408. The van der Waals surface area contributed by atoms with Crippen LogP contribution in [0, 0.1) is 0 Å². The second-order valence-corrected chi connectivity index (χ2v) is 6.00. The number of methoxy groups -OCH3 is 1. The van der Waals surface area contributed by atoms with Gasteiger partial charge >= 0.3 is 0 Å². The Morgan fingerprint density at radius 1 is 1.21 bits per heavy atom. The standard InChI is InChI=1S/C14H20BrClN2O/c1-19-13-2-3-14(15)12(10-13)11-18-8-6-17(5-4-16)7-9-18/h2-3,10H,4-9,11H2,1H3. The summed E-state index contributed by atoms with van der Waals surface area (Å²) in [5, 5.41) is 0. The molecule has 1 saturated heterocycles. The number of alkyl halides is 1. The second kappa shape index (κ2) is 7.48. The lowest BCUT2D eigenvalue weighted by Gasteiger charge is -2.34. The Morgan fingerprint density at radius 3 is 2.53 bits per heavy atom. The molecule has 1 aromatic carbocycles. The normalized spacial score (nSPS) is 17.6. The van der Waals surface area contributed by atoms with E-state index >= 15 is 0 Å². The average molecular weight is 348 g/mol. The van der Waals surface area contributed by atoms with Crippen LogP contribution in [0.4, 0.5) is 0 Å². The van der Waals surface area contributed by atoms with Crippen LogP contribution in [0.1, 0.15) is 5.56 Å². The monoisotopic (exact) mass is 346 g/mol. The van der Waals surface area contributed by atoms with Crippen molar-refractivity contribution in [2.45, 2.75) is 6.54 Å². The van der Waals surface area contributed by atoms with E-state index in [1.807, 2.05) is 6.07 Å². The minimum Gasteiger partial charge on any atom is -0.497 e. The van der Waals surface area contributed by atoms with E-state index < -0.39 is 0 Å². The maximum Gasteiger partial charge on any atom is 0.119 e. The Kier molecular flexibility index (Phi) is 5.95. The summed E-state index contributed by atoms with van der Waals surface area (Å²) in [6, 6.07) is 6.14. The van der Waals surface area contributed by atoms with Crippen LogP contribution in [0.5, 0.6) is 5.75 Å². The van der Waals surface area contributed by atoms with E-state index in [1.165, 1.54) is 5.56 Å². The van der Waals surface area contributed by atoms with Crippen LogP contribution in [-0.4, -0.2) is 55.5 Å². The molecule has 0 radical (unpaired) electrons. The molecule has 3 nitrogen and oxygen atoms in total. The number of rotatable bonds is 5. The summed E-state index contributed by atoms with van der Waals surface area (Å²) in [7, 11) is 1.71. The second-order valence-electron chi connectivity index (χ2n) is 4.76. The third kappa shape index (κ3) is 4.35. The molecule has 0 spiro atoms. The lowest BCUT2D eigenvalue weighted by Crippen LogP contribution is -2.46. The summed E-state index contributed by atoms with van der Waals surface area (Å²) in [6.45, 7) is 6.37. The van der Waals surface area contributed by atoms with Gasteiger partial charge in [-0.05, 0) is 23.8 Å². The molecule has 1 aromatic rings. The largest absolute Gasteiger partial charge is 0.497 e. The average Bonchev–Trinajstić information content (AvgIpc) is 2.44. The highest BCUT2D eigenvalue weighted by atomic mass is 79.9. The summed E-state index contributed by atoms with van der Waals surface area (Å²) in [5.74, 6) is 1.64. The molecule has 106 valence electrons. The molecule has 0 atom stereocenters. The van der Waals surface area contributed by atoms with Crippen LogP contribution in [0.2, 0.25) is 0 Å². The summed E-state index contributed by atoms with van der Waals surface area (Å²) in [5.41, 5.74) is 1.28. The summed E-state index contributed by atoms with van der Waals surface area (Å²) >= 11 is 9.39. The highest BCUT2D eigenvalue weighted by Gasteiger charge is 2.17. The first-order valence-corrected chi connectivity index (χ1v) is 7.89. The number of hydrogen-bond acceptors (Lipinski definition) is 3. The van der Waals surface area contributed by atoms with Gasteiger partial charge in [-0.1, -0.05) is 15.9 Å². The van der Waals surface area contributed by atoms with Crippen molar-refractivity contribution in [1.82, 2.24) is 9.80 Å². The van der Waals surface area contributed by atoms with Crippen molar-refractivity contribution in [3.05, 3.63) is 28.2 Å². The van der Waals surface area contributed by atoms with Crippen molar-refractivity contribution in [2.75, 3.05) is 45.7 Å². The third-order valence-electron chi connectivity index (χ3n) is 3.51. The van der Waals surface area contributed by atoms with Crippen LogP contribution in [0.3, 0.4) is 0 Å². The molecular formula is C14H20BrClN2O. The highest BCUT2D eigenvalue weighted by molar-refractivity contribution is 9.10. The lowest BCUT2D eigenvalue weighted by atomic mass is 10.2. The van der Waals surface area contributed by atoms with Crippen molar-refractivity contribution in [1.29, 1.82) is 0 Å². The topological polar surface area (TPSA) is 15.7 Å². The van der Waals surface area contributed by atoms with E-state index in [0.717, 1.165) is 55.4 Å². The highest BCUT2D eigenvalue weighted by Crippen LogP contribution is 2.24. The zero-order valence-electron chi connectivity index (χ0n) is 11.2. The van der Waals surface area contributed by atoms with Crippen molar-refractivity contribution < 1.29 is 4.74 Å². The number of benzene rings is 1. The van der Waals surface area contributed by atoms with E-state index in [9.17, 15) is 0 Å². The van der Waals surface area contributed by atoms with Gasteiger partial charge in [0.05, 0.1) is 7.11 Å². The molecule has 0 saturated carbocycles. The fraction of sp³-hybridized carbons (Fsp3) is 0.571. The predicted octanol–water partition coefficient (Wildman–Crippen LogP) is 2.81. The molecule has 5 heteroatoms. The van der Waals surface area contributed by atoms with Gasteiger partial charge in [-0.25, -0.2) is 0 Å². The van der Waals surface area contributed by atoms with Crippen molar-refractivity contribution in [3.63, 3.8) is 0 Å². The fourth-order valence-electron chi connectivity index (χ4n) is 2.33. The third-order valence-corrected chi connectivity index (χ3v) is 4.46. The molecule has 19 heavy (non-hydrogen) atoms. The van der Waals surface area contributed by atoms with Gasteiger partial charge in [0, 0.05) is 49.6 Å². The molecule has 1 fully saturated rings. The van der Waals surface area contributed by atoms with Crippen LogP contribution in [0.15, 0.2) is 22.7 Å². The molecule has 0 N–H and O–H groups in total. The molecule has 0 aliphatic carbocycles. The molecule has 1 aliphatic rings. The first-order chi connectivity index (χ1) is 9.22. The maximum absolute atomic E-state index is 5.78. The summed E-state index contributed by atoms with van der Waals surface area (Å²) < 4.78 is 6.44. The van der Waals surface area contributed by atoms with Gasteiger partial charge in [-0.3, -0.25) is 9.80 Å². The van der Waals surface area contributed by atoms with Gasteiger partial charge < -0.3 is 4.74 Å². The zero-order chi connectivity index (χ0) is 13.7. The Hall–Kier alpha value is -0.290. The maximum atomic E-state index is 5.78. The molecule has 0 unspecified atom stereocenters. The first-order valence-electron chi connectivity index (χ1n) is 6.56. The van der Waals surface area contributed by atoms with Gasteiger partial charge in [0.15, 0.2) is 0 Å². The minimum atomic E-state index is 0.724. The van der Waals surface area contributed by atoms with E-state index in [2.05, 4.69) is 37.9 Å². The van der Waals surface area contributed by atoms with E-state index in [4.69, 9.17) is 16.3 Å². The SMILES string of the molecule is COc1ccc(Br)c(CN2CCN(CCCl)CC2)c1. The van der Waals surface area contributed by atoms with Crippen LogP contribution in [0.25, 0.3) is 0 Å². The molecular weight excluding hydrogens is 328 g/mol. The molecule has 0 aromatic heterocycles. The Morgan fingerprint density at radius 2 is 1.89 bits per heavy atom. The fourth-order valence-corrected chi connectivity index (χ4v) is 2.94. The number of piperazine rings is 1. The Balaban J connectivity index is 1.91. The van der Waals surface area contributed by atoms with Crippen LogP contribution in [-0.2, 0) is 6.54 Å². The molecule has 0 bridgehead atoms. The van der Waals surface area contributed by atoms with E-state index in [0.29, 0.717) is 0 Å². The molecule has 2 rings (SSSR count). The van der Waals surface area contributed by atoms with Gasteiger partial charge in [-0.2, -0.15) is 0 Å². The summed E-state index contributed by atoms with van der Waals surface area (Å²) in [6.07, 6.45) is 0. The zero-order valence-corrected chi connectivity index (χ0v) is 13.6. The number of ether oxygens (including phenoxy) is 1. The van der Waals surface area contributed by atoms with Gasteiger partial charge in [0.2, 0.25) is 0 Å². The predicted molar refractivity (Wildman–Crippen MR) is 83.1 cm³/mol. The number of nitrogens with zero attached hydrogens (tertiary/aromatic N) is 2. The van der Waals surface area contributed by atoms with Crippen molar-refractivity contribution >= 4 is 27.5 Å². The minimum absolute atomic E-state index is 0.724. The van der Waals surface area contributed by atoms with E-state index in [-0.39, 0.29) is 0 Å². The van der Waals surface area contributed by atoms with Crippen molar-refractivity contribution in [3.8, 4) is 5.75 Å². The smallest absolute Gasteiger partial charge is 0.119 e. The molecule has 1 heterocycles. The summed E-state index contributed by atoms with van der Waals surface area (Å²) in [4.78, 5) is 4.90. The Labute approximate surface area is 128 Å². The van der Waals surface area contributed by atoms with E-state index in [1.54, 1.807) is 7.11 Å². The van der Waals surface area contributed by atoms with Gasteiger partial charge in [-0.15, -0.1) is 11.6 Å².